The fraction of sp³-hybridized carbons (Fsp3) is 0.217. The molecule has 7 nitrogen and oxygen atoms in total. The van der Waals surface area contributed by atoms with Crippen molar-refractivity contribution in [1.29, 1.82) is 5.26 Å². The van der Waals surface area contributed by atoms with Crippen molar-refractivity contribution in [2.75, 3.05) is 32.8 Å². The van der Waals surface area contributed by atoms with Crippen LogP contribution in [0.4, 0.5) is 5.69 Å². The van der Waals surface area contributed by atoms with Crippen molar-refractivity contribution in [2.45, 2.75) is 6.92 Å². The SMILES string of the molecule is C#CCOc1c(Br)cc(/C=C(\C#N)C(=O)Nc2cc(OC)c(Cl)cc2OC)cc1OCC. The van der Waals surface area contributed by atoms with Crippen LogP contribution in [0.1, 0.15) is 12.5 Å². The van der Waals surface area contributed by atoms with Gasteiger partial charge in [0.05, 0.1) is 36.0 Å². The molecule has 2 rings (SSSR count). The molecule has 0 saturated carbocycles. The summed E-state index contributed by atoms with van der Waals surface area (Å²) in [6, 6.07) is 8.26. The number of halogens is 2. The Kier molecular flexibility index (Phi) is 9.27. The van der Waals surface area contributed by atoms with Gasteiger partial charge in [-0.25, -0.2) is 0 Å². The minimum absolute atomic E-state index is 0.0616. The second kappa shape index (κ2) is 11.9. The molecule has 0 aromatic heterocycles. The van der Waals surface area contributed by atoms with Crippen molar-refractivity contribution in [3.8, 4) is 41.4 Å². The van der Waals surface area contributed by atoms with Gasteiger partial charge in [0.15, 0.2) is 11.5 Å². The predicted molar refractivity (Wildman–Crippen MR) is 126 cm³/mol. The minimum Gasteiger partial charge on any atom is -0.495 e. The number of methoxy groups -OCH3 is 2. The molecule has 0 heterocycles. The van der Waals surface area contributed by atoms with Crippen LogP contribution in [-0.2, 0) is 4.79 Å². The zero-order valence-corrected chi connectivity index (χ0v) is 20.0. The Balaban J connectivity index is 2.40. The van der Waals surface area contributed by atoms with Crippen molar-refractivity contribution >= 4 is 45.2 Å². The third-order valence-electron chi connectivity index (χ3n) is 4.03. The zero-order chi connectivity index (χ0) is 23.7. The summed E-state index contributed by atoms with van der Waals surface area (Å²) in [5.41, 5.74) is 0.697. The average Bonchev–Trinajstić information content (AvgIpc) is 2.77. The molecule has 166 valence electrons. The molecule has 32 heavy (non-hydrogen) atoms. The van der Waals surface area contributed by atoms with E-state index in [-0.39, 0.29) is 12.2 Å². The van der Waals surface area contributed by atoms with Gasteiger partial charge in [-0.05, 0) is 46.6 Å². The molecule has 0 fully saturated rings. The van der Waals surface area contributed by atoms with Crippen LogP contribution in [0, 0.1) is 23.7 Å². The molecule has 0 aliphatic heterocycles. The van der Waals surface area contributed by atoms with E-state index >= 15 is 0 Å². The largest absolute Gasteiger partial charge is 0.495 e. The molecule has 0 saturated heterocycles. The van der Waals surface area contributed by atoms with Crippen LogP contribution >= 0.6 is 27.5 Å². The van der Waals surface area contributed by atoms with Gasteiger partial charge in [-0.1, -0.05) is 17.5 Å². The number of amides is 1. The van der Waals surface area contributed by atoms with Crippen LogP contribution in [0.5, 0.6) is 23.0 Å². The topological polar surface area (TPSA) is 89.8 Å². The van der Waals surface area contributed by atoms with Gasteiger partial charge in [0, 0.05) is 12.1 Å². The maximum Gasteiger partial charge on any atom is 0.266 e. The first-order chi connectivity index (χ1) is 15.4. The summed E-state index contributed by atoms with van der Waals surface area (Å²) in [5, 5.41) is 12.5. The van der Waals surface area contributed by atoms with Crippen LogP contribution in [0.25, 0.3) is 6.08 Å². The number of hydrogen-bond acceptors (Lipinski definition) is 6. The standard InChI is InChI=1S/C23H20BrClN2O5/c1-5-7-32-22-16(24)9-14(10-21(22)31-6-2)8-15(13-26)23(28)27-18-12-19(29-3)17(25)11-20(18)30-4/h1,8-12H,6-7H2,2-4H3,(H,27,28)/b15-8+. The van der Waals surface area contributed by atoms with Crippen molar-refractivity contribution in [1.82, 2.24) is 0 Å². The van der Waals surface area contributed by atoms with Crippen LogP contribution in [0.3, 0.4) is 0 Å². The molecule has 0 aliphatic carbocycles. The van der Waals surface area contributed by atoms with Crippen molar-refractivity contribution in [2.24, 2.45) is 0 Å². The Hall–Kier alpha value is -3.33. The predicted octanol–water partition coefficient (Wildman–Crippen LogP) is 5.08. The van der Waals surface area contributed by atoms with E-state index in [2.05, 4.69) is 27.2 Å². The number of nitrogens with one attached hydrogen (secondary N) is 1. The minimum atomic E-state index is -0.642. The number of anilines is 1. The maximum atomic E-state index is 12.8. The Morgan fingerprint density at radius 1 is 1.19 bits per heavy atom. The van der Waals surface area contributed by atoms with E-state index in [9.17, 15) is 10.1 Å². The molecule has 1 N–H and O–H groups in total. The Bertz CT molecular complexity index is 1120. The molecular formula is C23H20BrClN2O5. The van der Waals surface area contributed by atoms with Crippen molar-refractivity contribution in [3.63, 3.8) is 0 Å². The molecule has 0 spiro atoms. The summed E-state index contributed by atoms with van der Waals surface area (Å²) in [4.78, 5) is 12.8. The van der Waals surface area contributed by atoms with Gasteiger partial charge in [-0.2, -0.15) is 5.26 Å². The smallest absolute Gasteiger partial charge is 0.266 e. The van der Waals surface area contributed by atoms with E-state index in [1.807, 2.05) is 13.0 Å². The molecule has 2 aromatic carbocycles. The lowest BCUT2D eigenvalue weighted by molar-refractivity contribution is -0.112. The molecule has 0 aliphatic rings. The van der Waals surface area contributed by atoms with Crippen LogP contribution < -0.4 is 24.3 Å². The number of carbonyl (C=O) groups excluding carboxylic acids is 1. The lowest BCUT2D eigenvalue weighted by Gasteiger charge is -2.14. The highest BCUT2D eigenvalue weighted by Crippen LogP contribution is 2.38. The van der Waals surface area contributed by atoms with E-state index in [0.717, 1.165) is 0 Å². The summed E-state index contributed by atoms with van der Waals surface area (Å²) in [5.74, 6) is 3.27. The third-order valence-corrected chi connectivity index (χ3v) is 4.91. The number of ether oxygens (including phenoxy) is 4. The number of terminal acetylenes is 1. The third kappa shape index (κ3) is 6.10. The summed E-state index contributed by atoms with van der Waals surface area (Å²) in [6.45, 7) is 2.27. The fourth-order valence-electron chi connectivity index (χ4n) is 2.65. The van der Waals surface area contributed by atoms with Gasteiger partial charge in [-0.3, -0.25) is 4.79 Å². The fourth-order valence-corrected chi connectivity index (χ4v) is 3.46. The second-order valence-electron chi connectivity index (χ2n) is 6.07. The van der Waals surface area contributed by atoms with Crippen molar-refractivity contribution in [3.05, 3.63) is 44.9 Å². The van der Waals surface area contributed by atoms with E-state index in [1.165, 1.54) is 32.4 Å². The molecule has 2 aromatic rings. The van der Waals surface area contributed by atoms with Gasteiger partial charge in [0.1, 0.15) is 29.7 Å². The lowest BCUT2D eigenvalue weighted by Crippen LogP contribution is -2.14. The highest BCUT2D eigenvalue weighted by Gasteiger charge is 2.17. The summed E-state index contributed by atoms with van der Waals surface area (Å²) in [7, 11) is 2.89. The van der Waals surface area contributed by atoms with Crippen LogP contribution in [0.15, 0.2) is 34.3 Å². The molecule has 0 bridgehead atoms. The first-order valence-corrected chi connectivity index (χ1v) is 10.4. The summed E-state index contributed by atoms with van der Waals surface area (Å²) in [6.07, 6.45) is 6.69. The van der Waals surface area contributed by atoms with Gasteiger partial charge in [0.2, 0.25) is 0 Å². The maximum absolute atomic E-state index is 12.8. The molecular weight excluding hydrogens is 500 g/mol. The number of benzene rings is 2. The molecule has 0 atom stereocenters. The molecule has 0 radical (unpaired) electrons. The van der Waals surface area contributed by atoms with Crippen LogP contribution in [-0.4, -0.2) is 33.3 Å². The van der Waals surface area contributed by atoms with Gasteiger partial charge in [-0.15, -0.1) is 6.42 Å². The second-order valence-corrected chi connectivity index (χ2v) is 7.33. The van der Waals surface area contributed by atoms with E-state index in [4.69, 9.17) is 37.0 Å². The Morgan fingerprint density at radius 2 is 1.91 bits per heavy atom. The number of nitrogens with zero attached hydrogens (tertiary/aromatic N) is 1. The van der Waals surface area contributed by atoms with Crippen LogP contribution in [0.2, 0.25) is 5.02 Å². The lowest BCUT2D eigenvalue weighted by atomic mass is 10.1. The van der Waals surface area contributed by atoms with Gasteiger partial charge >= 0.3 is 0 Å². The first-order valence-electron chi connectivity index (χ1n) is 9.25. The van der Waals surface area contributed by atoms with E-state index in [1.54, 1.807) is 12.1 Å². The zero-order valence-electron chi connectivity index (χ0n) is 17.6. The Morgan fingerprint density at radius 3 is 2.50 bits per heavy atom. The van der Waals surface area contributed by atoms with Gasteiger partial charge in [0.25, 0.3) is 5.91 Å². The molecule has 1 amide bonds. The number of nitriles is 1. The molecule has 9 heteroatoms. The first kappa shape index (κ1) is 24.9. The number of rotatable bonds is 9. The molecule has 0 unspecified atom stereocenters. The Labute approximate surface area is 200 Å². The summed E-state index contributed by atoms with van der Waals surface area (Å²) >= 11 is 9.51. The monoisotopic (exact) mass is 518 g/mol. The van der Waals surface area contributed by atoms with Gasteiger partial charge < -0.3 is 24.3 Å². The normalized spacial score (nSPS) is 10.5. The quantitative estimate of drug-likeness (QED) is 0.282. The van der Waals surface area contributed by atoms with E-state index < -0.39 is 5.91 Å². The highest BCUT2D eigenvalue weighted by molar-refractivity contribution is 9.10. The highest BCUT2D eigenvalue weighted by atomic mass is 79.9. The number of hydrogen-bond donors (Lipinski definition) is 1. The average molecular weight is 520 g/mol. The summed E-state index contributed by atoms with van der Waals surface area (Å²) < 4.78 is 22.1. The number of carbonyl (C=O) groups is 1. The van der Waals surface area contributed by atoms with Crippen molar-refractivity contribution < 1.29 is 23.7 Å². The van der Waals surface area contributed by atoms with E-state index in [0.29, 0.717) is 50.4 Å².